The van der Waals surface area contributed by atoms with Gasteiger partial charge in [-0.1, -0.05) is 35.3 Å². The maximum atomic E-state index is 13.9. The zero-order chi connectivity index (χ0) is 20.2. The lowest BCUT2D eigenvalue weighted by molar-refractivity contribution is 0.167. The van der Waals surface area contributed by atoms with Crippen LogP contribution in [0.5, 0.6) is 0 Å². The van der Waals surface area contributed by atoms with Gasteiger partial charge in [-0.25, -0.2) is 14.4 Å². The van der Waals surface area contributed by atoms with Gasteiger partial charge in [0.2, 0.25) is 5.65 Å². The van der Waals surface area contributed by atoms with E-state index >= 15 is 0 Å². The van der Waals surface area contributed by atoms with E-state index in [1.165, 1.54) is 0 Å². The van der Waals surface area contributed by atoms with Gasteiger partial charge in [-0.3, -0.25) is 5.10 Å². The van der Waals surface area contributed by atoms with Gasteiger partial charge in [0.1, 0.15) is 17.5 Å². The minimum atomic E-state index is -0.876. The Labute approximate surface area is 177 Å². The molecule has 2 fully saturated rings. The zero-order valence-corrected chi connectivity index (χ0v) is 17.2. The Morgan fingerprint density at radius 2 is 2.00 bits per heavy atom. The van der Waals surface area contributed by atoms with Crippen LogP contribution in [-0.2, 0) is 0 Å². The predicted octanol–water partition coefficient (Wildman–Crippen LogP) is 4.37. The average Bonchev–Trinajstić information content (AvgIpc) is 3.27. The van der Waals surface area contributed by atoms with E-state index in [1.807, 2.05) is 12.1 Å². The van der Waals surface area contributed by atoms with Gasteiger partial charge in [-0.15, -0.1) is 0 Å². The molecule has 29 heavy (non-hydrogen) atoms. The van der Waals surface area contributed by atoms with Crippen molar-refractivity contribution in [2.75, 3.05) is 18.0 Å². The van der Waals surface area contributed by atoms with Crippen LogP contribution in [0, 0.1) is 5.41 Å². The standard InChI is InChI=1S/C20H21Cl2FN6/c21-12-3-1-2-11(15(12)22)16-17-19(28-27-16)26-14(10-25-17)29-8-6-20(7-9-29)5-4-13(23)18(20)24/h1-3,10,13,18H,4-9,24H2,(H,26,27,28)/t13-,18-/m0/s1. The number of nitrogens with zero attached hydrogens (tertiary/aromatic N) is 4. The van der Waals surface area contributed by atoms with Crippen molar-refractivity contribution in [1.29, 1.82) is 0 Å². The maximum Gasteiger partial charge on any atom is 0.202 e. The molecule has 6 nitrogen and oxygen atoms in total. The molecular formula is C20H21Cl2FN6. The molecule has 1 aromatic carbocycles. The molecule has 0 unspecified atom stereocenters. The van der Waals surface area contributed by atoms with E-state index in [2.05, 4.69) is 25.1 Å². The normalized spacial score (nSPS) is 23.9. The number of hydrogen-bond acceptors (Lipinski definition) is 5. The molecular weight excluding hydrogens is 414 g/mol. The largest absolute Gasteiger partial charge is 0.355 e. The van der Waals surface area contributed by atoms with Crippen LogP contribution in [0.1, 0.15) is 25.7 Å². The van der Waals surface area contributed by atoms with Gasteiger partial charge >= 0.3 is 0 Å². The van der Waals surface area contributed by atoms with Gasteiger partial charge in [0.05, 0.1) is 21.9 Å². The van der Waals surface area contributed by atoms with Crippen molar-refractivity contribution >= 4 is 40.2 Å². The zero-order valence-electron chi connectivity index (χ0n) is 15.7. The Bertz CT molecular complexity index is 1060. The molecule has 1 aliphatic heterocycles. The minimum absolute atomic E-state index is 0.0731. The molecule has 2 aromatic heterocycles. The summed E-state index contributed by atoms with van der Waals surface area (Å²) >= 11 is 12.5. The number of nitrogens with one attached hydrogen (secondary N) is 1. The van der Waals surface area contributed by atoms with E-state index < -0.39 is 6.17 Å². The van der Waals surface area contributed by atoms with Crippen molar-refractivity contribution in [1.82, 2.24) is 20.2 Å². The van der Waals surface area contributed by atoms with E-state index in [9.17, 15) is 4.39 Å². The van der Waals surface area contributed by atoms with E-state index in [0.717, 1.165) is 43.7 Å². The molecule has 1 spiro atoms. The quantitative estimate of drug-likeness (QED) is 0.625. The van der Waals surface area contributed by atoms with Gasteiger partial charge in [-0.05, 0) is 37.2 Å². The summed E-state index contributed by atoms with van der Waals surface area (Å²) in [6, 6.07) is 5.08. The summed E-state index contributed by atoms with van der Waals surface area (Å²) in [6.45, 7) is 1.58. The van der Waals surface area contributed by atoms with Gasteiger partial charge in [0.25, 0.3) is 0 Å². The highest BCUT2D eigenvalue weighted by atomic mass is 35.5. The molecule has 2 aliphatic rings. The highest BCUT2D eigenvalue weighted by molar-refractivity contribution is 6.43. The molecule has 152 valence electrons. The fourth-order valence-corrected chi connectivity index (χ4v) is 5.14. The van der Waals surface area contributed by atoms with E-state index in [0.29, 0.717) is 33.3 Å². The summed E-state index contributed by atoms with van der Waals surface area (Å²) in [5.74, 6) is 0.769. The number of alkyl halides is 1. The van der Waals surface area contributed by atoms with Crippen LogP contribution >= 0.6 is 23.2 Å². The number of halogens is 3. The lowest BCUT2D eigenvalue weighted by Crippen LogP contribution is -2.49. The van der Waals surface area contributed by atoms with E-state index in [4.69, 9.17) is 28.9 Å². The predicted molar refractivity (Wildman–Crippen MR) is 113 cm³/mol. The first-order valence-electron chi connectivity index (χ1n) is 9.79. The number of piperidine rings is 1. The van der Waals surface area contributed by atoms with Gasteiger partial charge in [-0.2, -0.15) is 5.10 Å². The van der Waals surface area contributed by atoms with Crippen LogP contribution in [0.3, 0.4) is 0 Å². The molecule has 0 bridgehead atoms. The SMILES string of the molecule is N[C@H]1[C@@H](F)CCC12CCN(c1cnc3c(-c4cccc(Cl)c4Cl)[nH]nc3n1)CC2. The third-order valence-electron chi connectivity index (χ3n) is 6.57. The molecule has 9 heteroatoms. The number of anilines is 1. The van der Waals surface area contributed by atoms with Crippen molar-refractivity contribution in [2.24, 2.45) is 11.1 Å². The first-order valence-corrected chi connectivity index (χ1v) is 10.5. The Kier molecular flexibility index (Phi) is 4.64. The molecule has 1 aliphatic carbocycles. The first-order chi connectivity index (χ1) is 14.0. The lowest BCUT2D eigenvalue weighted by atomic mass is 9.74. The maximum absolute atomic E-state index is 13.9. The third-order valence-corrected chi connectivity index (χ3v) is 7.39. The summed E-state index contributed by atoms with van der Waals surface area (Å²) in [4.78, 5) is 11.5. The molecule has 3 heterocycles. The summed E-state index contributed by atoms with van der Waals surface area (Å²) < 4.78 is 13.9. The third kappa shape index (κ3) is 3.07. The fraction of sp³-hybridized carbons (Fsp3) is 0.450. The first kappa shape index (κ1) is 19.0. The molecule has 0 radical (unpaired) electrons. The Morgan fingerprint density at radius 1 is 1.21 bits per heavy atom. The van der Waals surface area contributed by atoms with Crippen molar-refractivity contribution in [3.8, 4) is 11.3 Å². The Balaban J connectivity index is 1.40. The van der Waals surface area contributed by atoms with Crippen LogP contribution in [0.15, 0.2) is 24.4 Å². The second kappa shape index (κ2) is 7.07. The Morgan fingerprint density at radius 3 is 2.72 bits per heavy atom. The van der Waals surface area contributed by atoms with Crippen LogP contribution in [0.2, 0.25) is 10.0 Å². The number of hydrogen-bond donors (Lipinski definition) is 2. The fourth-order valence-electron chi connectivity index (χ4n) is 4.74. The summed E-state index contributed by atoms with van der Waals surface area (Å²) in [7, 11) is 0. The molecule has 2 atom stereocenters. The van der Waals surface area contributed by atoms with Crippen LogP contribution < -0.4 is 10.6 Å². The summed E-state index contributed by atoms with van der Waals surface area (Å²) in [5, 5.41) is 8.22. The number of rotatable bonds is 2. The highest BCUT2D eigenvalue weighted by Gasteiger charge is 2.48. The van der Waals surface area contributed by atoms with Crippen LogP contribution in [0.4, 0.5) is 10.2 Å². The molecule has 3 aromatic rings. The molecule has 3 N–H and O–H groups in total. The minimum Gasteiger partial charge on any atom is -0.355 e. The van der Waals surface area contributed by atoms with Crippen molar-refractivity contribution < 1.29 is 4.39 Å². The number of benzene rings is 1. The van der Waals surface area contributed by atoms with E-state index in [-0.39, 0.29) is 11.5 Å². The smallest absolute Gasteiger partial charge is 0.202 e. The number of fused-ring (bicyclic) bond motifs is 1. The number of aromatic nitrogens is 4. The molecule has 1 saturated carbocycles. The summed E-state index contributed by atoms with van der Waals surface area (Å²) in [6.07, 6.45) is 4.07. The molecule has 1 saturated heterocycles. The number of nitrogens with two attached hydrogens (primary N) is 1. The topological polar surface area (TPSA) is 83.7 Å². The van der Waals surface area contributed by atoms with Gasteiger partial charge < -0.3 is 10.6 Å². The lowest BCUT2D eigenvalue weighted by Gasteiger charge is -2.42. The monoisotopic (exact) mass is 434 g/mol. The number of H-pyrrole nitrogens is 1. The van der Waals surface area contributed by atoms with Crippen molar-refractivity contribution in [3.63, 3.8) is 0 Å². The average molecular weight is 435 g/mol. The second-order valence-electron chi connectivity index (χ2n) is 8.03. The van der Waals surface area contributed by atoms with Gasteiger partial charge in [0.15, 0.2) is 0 Å². The molecule has 0 amide bonds. The number of aromatic amines is 1. The van der Waals surface area contributed by atoms with Crippen LogP contribution in [0.25, 0.3) is 22.4 Å². The molecule has 5 rings (SSSR count). The van der Waals surface area contributed by atoms with Crippen molar-refractivity contribution in [3.05, 3.63) is 34.4 Å². The second-order valence-corrected chi connectivity index (χ2v) is 8.82. The van der Waals surface area contributed by atoms with Gasteiger partial charge in [0, 0.05) is 24.7 Å². The van der Waals surface area contributed by atoms with Crippen molar-refractivity contribution in [2.45, 2.75) is 37.9 Å². The Hall–Kier alpha value is -1.96. The highest BCUT2D eigenvalue weighted by Crippen LogP contribution is 2.47. The van der Waals surface area contributed by atoms with E-state index in [1.54, 1.807) is 12.3 Å². The van der Waals surface area contributed by atoms with Crippen LogP contribution in [-0.4, -0.2) is 45.5 Å². The summed E-state index contributed by atoms with van der Waals surface area (Å²) in [5.41, 5.74) is 8.69.